The molecule has 46 heavy (non-hydrogen) atoms. The zero-order valence-corrected chi connectivity index (χ0v) is 27.8. The molecule has 0 radical (unpaired) electrons. The summed E-state index contributed by atoms with van der Waals surface area (Å²) in [5, 5.41) is 17.0. The molecule has 12 heteroatoms. The highest BCUT2D eigenvalue weighted by molar-refractivity contribution is 7.18. The van der Waals surface area contributed by atoms with Crippen LogP contribution in [0.25, 0.3) is 10.2 Å². The highest BCUT2D eigenvalue weighted by Crippen LogP contribution is 2.27. The number of carboxylic acid groups (broad SMARTS) is 1. The van der Waals surface area contributed by atoms with Gasteiger partial charge in [-0.1, -0.05) is 50.2 Å². The van der Waals surface area contributed by atoms with Crippen LogP contribution in [0.15, 0.2) is 60.7 Å². The molecule has 0 fully saturated rings. The smallest absolute Gasteiger partial charge is 0.405 e. The first-order chi connectivity index (χ1) is 21.8. The third-order valence-corrected chi connectivity index (χ3v) is 8.31. The van der Waals surface area contributed by atoms with Crippen molar-refractivity contribution < 1.29 is 33.4 Å². The topological polar surface area (TPSA) is 139 Å². The summed E-state index contributed by atoms with van der Waals surface area (Å²) in [7, 11) is 3.13. The van der Waals surface area contributed by atoms with E-state index in [0.717, 1.165) is 28.0 Å². The van der Waals surface area contributed by atoms with Crippen molar-refractivity contribution in [2.75, 3.05) is 14.2 Å². The molecule has 1 aromatic heterocycles. The molecule has 4 aromatic rings. The minimum absolute atomic E-state index is 0.174. The Morgan fingerprint density at radius 1 is 0.978 bits per heavy atom. The first-order valence-electron chi connectivity index (χ1n) is 14.7. The lowest BCUT2D eigenvalue weighted by Gasteiger charge is -2.22. The lowest BCUT2D eigenvalue weighted by atomic mass is 10.0. The molecule has 0 aliphatic rings. The summed E-state index contributed by atoms with van der Waals surface area (Å²) in [6, 6.07) is 16.9. The zero-order chi connectivity index (χ0) is 34.0. The number of likely N-dealkylation sites (N-methyl/N-ethyl adjacent to an activating group) is 1. The predicted octanol–water partition coefficient (Wildman–Crippen LogP) is 6.22. The van der Waals surface area contributed by atoms with Crippen molar-refractivity contribution in [3.05, 3.63) is 93.7 Å². The molecule has 3 aromatic carbocycles. The normalized spacial score (nSPS) is 12.8. The Morgan fingerprint density at radius 2 is 1.70 bits per heavy atom. The van der Waals surface area contributed by atoms with E-state index in [9.17, 15) is 18.8 Å². The molecule has 1 unspecified atom stereocenters. The van der Waals surface area contributed by atoms with Gasteiger partial charge >= 0.3 is 6.09 Å². The van der Waals surface area contributed by atoms with Gasteiger partial charge in [-0.15, -0.1) is 11.3 Å². The number of fused-ring (bicyclic) bond motifs is 1. The third-order valence-electron chi connectivity index (χ3n) is 7.11. The number of aromatic nitrogens is 1. The molecule has 3 amide bonds. The van der Waals surface area contributed by atoms with E-state index >= 15 is 0 Å². The lowest BCUT2D eigenvalue weighted by molar-refractivity contribution is -0.131. The zero-order valence-electron chi connectivity index (χ0n) is 27.0. The summed E-state index contributed by atoms with van der Waals surface area (Å²) in [5.41, 5.74) is 4.65. The first-order valence-corrected chi connectivity index (χ1v) is 15.5. The Bertz CT molecular complexity index is 1660. The number of carbonyl (C=O) groups is 3. The number of methoxy groups -OCH3 is 1. The summed E-state index contributed by atoms with van der Waals surface area (Å²) >= 11 is 1.29. The van der Waals surface area contributed by atoms with Gasteiger partial charge in [-0.05, 0) is 73.2 Å². The Kier molecular flexibility index (Phi) is 13.0. The van der Waals surface area contributed by atoms with Crippen LogP contribution >= 0.6 is 11.3 Å². The van der Waals surface area contributed by atoms with Crippen molar-refractivity contribution >= 4 is 39.5 Å². The monoisotopic (exact) mass is 652 g/mol. The first kappa shape index (κ1) is 35.9. The number of nitrogens with zero attached hydrogens (tertiary/aromatic N) is 1. The number of ether oxygens (including phenoxy) is 2. The van der Waals surface area contributed by atoms with Crippen molar-refractivity contribution in [1.29, 1.82) is 0 Å². The lowest BCUT2D eigenvalue weighted by Crippen LogP contribution is -2.49. The maximum atomic E-state index is 13.2. The van der Waals surface area contributed by atoms with Gasteiger partial charge < -0.3 is 30.5 Å². The van der Waals surface area contributed by atoms with E-state index in [4.69, 9.17) is 14.6 Å². The average molecular weight is 653 g/mol. The van der Waals surface area contributed by atoms with Crippen LogP contribution in [-0.2, 0) is 20.9 Å². The second kappa shape index (κ2) is 16.7. The minimum atomic E-state index is -1.25. The number of rotatable bonds is 11. The molecular weight excluding hydrogens is 611 g/mol. The van der Waals surface area contributed by atoms with Crippen LogP contribution in [0.4, 0.5) is 9.18 Å². The quantitative estimate of drug-likeness (QED) is 0.151. The van der Waals surface area contributed by atoms with Gasteiger partial charge in [0.25, 0.3) is 5.91 Å². The van der Waals surface area contributed by atoms with Gasteiger partial charge in [0.1, 0.15) is 29.2 Å². The van der Waals surface area contributed by atoms with E-state index in [-0.39, 0.29) is 17.6 Å². The predicted molar refractivity (Wildman–Crippen MR) is 176 cm³/mol. The van der Waals surface area contributed by atoms with Crippen LogP contribution in [-0.4, -0.2) is 48.2 Å². The van der Waals surface area contributed by atoms with Gasteiger partial charge in [-0.2, -0.15) is 0 Å². The van der Waals surface area contributed by atoms with Crippen LogP contribution in [0.5, 0.6) is 5.75 Å². The van der Waals surface area contributed by atoms with E-state index in [2.05, 4.69) is 27.0 Å². The molecule has 0 aliphatic carbocycles. The fourth-order valence-corrected chi connectivity index (χ4v) is 5.58. The number of aryl methyl sites for hydroxylation is 2. The van der Waals surface area contributed by atoms with Gasteiger partial charge in [0.15, 0.2) is 6.10 Å². The molecule has 0 saturated heterocycles. The summed E-state index contributed by atoms with van der Waals surface area (Å²) in [5.74, 6) is -0.265. The van der Waals surface area contributed by atoms with Crippen LogP contribution in [0.1, 0.15) is 60.2 Å². The SMILES string of the molecule is CC(C)[C@H](NC(=O)O)C(=O)N[C@H](C)c1nc2ccc(F)cc2s1.CNC(=O)C(OC)c1ccccc1COc1cc(C)ccc1C. The summed E-state index contributed by atoms with van der Waals surface area (Å²) < 4.78 is 25.2. The van der Waals surface area contributed by atoms with Crippen LogP contribution in [0, 0.1) is 25.6 Å². The Balaban J connectivity index is 0.000000250. The Labute approximate surface area is 272 Å². The van der Waals surface area contributed by atoms with Crippen molar-refractivity contribution in [1.82, 2.24) is 20.9 Å². The fourth-order valence-electron chi connectivity index (χ4n) is 4.58. The third kappa shape index (κ3) is 9.72. The average Bonchev–Trinajstić information content (AvgIpc) is 3.44. The van der Waals surface area contributed by atoms with Gasteiger partial charge in [0, 0.05) is 14.2 Å². The van der Waals surface area contributed by atoms with Crippen LogP contribution in [0.2, 0.25) is 0 Å². The van der Waals surface area contributed by atoms with E-state index in [1.807, 2.05) is 50.2 Å². The maximum absolute atomic E-state index is 13.2. The van der Waals surface area contributed by atoms with Crippen molar-refractivity contribution in [3.8, 4) is 5.75 Å². The molecule has 1 heterocycles. The molecule has 3 atom stereocenters. The second-order valence-corrected chi connectivity index (χ2v) is 12.1. The van der Waals surface area contributed by atoms with Gasteiger partial charge in [0.05, 0.1) is 16.3 Å². The largest absolute Gasteiger partial charge is 0.489 e. The number of halogens is 1. The maximum Gasteiger partial charge on any atom is 0.405 e. The summed E-state index contributed by atoms with van der Waals surface area (Å²) in [6.07, 6.45) is -1.89. The van der Waals surface area contributed by atoms with Crippen molar-refractivity contribution in [2.24, 2.45) is 5.92 Å². The molecule has 246 valence electrons. The number of thiazole rings is 1. The van der Waals surface area contributed by atoms with Crippen LogP contribution in [0.3, 0.4) is 0 Å². The molecule has 10 nitrogen and oxygen atoms in total. The van der Waals surface area contributed by atoms with Gasteiger partial charge in [-0.25, -0.2) is 14.2 Å². The highest BCUT2D eigenvalue weighted by Gasteiger charge is 2.26. The number of amides is 3. The molecule has 4 rings (SSSR count). The summed E-state index contributed by atoms with van der Waals surface area (Å²) in [4.78, 5) is 39.4. The van der Waals surface area contributed by atoms with E-state index in [1.165, 1.54) is 30.6 Å². The Hall–Kier alpha value is -4.55. The molecule has 0 aliphatic heterocycles. The molecule has 0 bridgehead atoms. The van der Waals surface area contributed by atoms with E-state index < -0.39 is 30.2 Å². The second-order valence-electron chi connectivity index (χ2n) is 11.1. The number of hydrogen-bond acceptors (Lipinski definition) is 7. The van der Waals surface area contributed by atoms with Gasteiger partial charge in [0.2, 0.25) is 5.91 Å². The van der Waals surface area contributed by atoms with Crippen LogP contribution < -0.4 is 20.7 Å². The summed E-state index contributed by atoms with van der Waals surface area (Å²) in [6.45, 7) is 9.70. The highest BCUT2D eigenvalue weighted by atomic mass is 32.1. The number of benzene rings is 3. The number of nitrogens with one attached hydrogen (secondary N) is 3. The standard InChI is InChI=1S/C19H23NO3.C15H18FN3O3S/c1-13-9-10-14(2)17(11-13)23-12-15-7-5-6-8-16(15)18(22-4)19(21)20-3;1-7(2)12(19-15(21)22)13(20)17-8(3)14-18-10-5-4-9(16)6-11(10)23-14/h5-11,18H,12H2,1-4H3,(H,20,21);4-8,12,19H,1-3H3,(H,17,20)(H,21,22)/t;8-,12+/m.1/s1. The molecule has 4 N–H and O–H groups in total. The molecular formula is C34H41FN4O6S. The minimum Gasteiger partial charge on any atom is -0.489 e. The van der Waals surface area contributed by atoms with E-state index in [0.29, 0.717) is 21.8 Å². The number of hydrogen-bond donors (Lipinski definition) is 4. The van der Waals surface area contributed by atoms with Crippen molar-refractivity contribution in [2.45, 2.75) is 59.4 Å². The molecule has 0 saturated carbocycles. The van der Waals surface area contributed by atoms with E-state index in [1.54, 1.807) is 33.9 Å². The Morgan fingerprint density at radius 3 is 2.35 bits per heavy atom. The van der Waals surface area contributed by atoms with Crippen molar-refractivity contribution in [3.63, 3.8) is 0 Å². The fraction of sp³-hybridized carbons (Fsp3) is 0.353. The number of carbonyl (C=O) groups excluding carboxylic acids is 2. The molecule has 0 spiro atoms. The van der Waals surface area contributed by atoms with Gasteiger partial charge in [-0.3, -0.25) is 9.59 Å².